The third-order valence-corrected chi connectivity index (χ3v) is 3.46. The molecule has 0 aromatic carbocycles. The summed E-state index contributed by atoms with van der Waals surface area (Å²) in [6, 6.07) is 1.35. The summed E-state index contributed by atoms with van der Waals surface area (Å²) >= 11 is 0. The Bertz CT molecular complexity index is 433. The second-order valence-corrected chi connectivity index (χ2v) is 4.95. The van der Waals surface area contributed by atoms with Crippen molar-refractivity contribution in [1.29, 1.82) is 0 Å². The number of rotatable bonds is 5. The number of amides is 1. The number of methoxy groups -OCH3 is 1. The number of hydrogen-bond acceptors (Lipinski definition) is 5. The molecule has 2 rings (SSSR count). The minimum Gasteiger partial charge on any atom is -0.385 e. The van der Waals surface area contributed by atoms with Crippen molar-refractivity contribution in [2.24, 2.45) is 5.73 Å². The van der Waals surface area contributed by atoms with Crippen molar-refractivity contribution in [2.45, 2.75) is 38.3 Å². The second-order valence-electron chi connectivity index (χ2n) is 4.95. The number of nitrogens with zero attached hydrogens (tertiary/aromatic N) is 2. The maximum Gasteiger partial charge on any atom is 0.240 e. The Balaban J connectivity index is 2.04. The molecule has 2 atom stereocenters. The van der Waals surface area contributed by atoms with Gasteiger partial charge in [-0.2, -0.15) is 0 Å². The predicted octanol–water partition coefficient (Wildman–Crippen LogP) is 1.01. The molecule has 19 heavy (non-hydrogen) atoms. The van der Waals surface area contributed by atoms with Crippen LogP contribution in [-0.4, -0.2) is 42.3 Å². The van der Waals surface area contributed by atoms with Gasteiger partial charge in [0.25, 0.3) is 0 Å². The predicted molar refractivity (Wildman–Crippen MR) is 69.4 cm³/mol. The van der Waals surface area contributed by atoms with E-state index < -0.39 is 6.04 Å². The van der Waals surface area contributed by atoms with E-state index in [4.69, 9.17) is 15.0 Å². The Kier molecular flexibility index (Phi) is 4.55. The molecule has 1 aliphatic rings. The zero-order valence-electron chi connectivity index (χ0n) is 11.5. The zero-order valence-corrected chi connectivity index (χ0v) is 11.5. The first-order valence-electron chi connectivity index (χ1n) is 6.61. The second kappa shape index (κ2) is 6.16. The number of aryl methyl sites for hydroxylation is 1. The van der Waals surface area contributed by atoms with E-state index in [1.54, 1.807) is 12.0 Å². The number of hydrogen-bond donors (Lipinski definition) is 1. The summed E-state index contributed by atoms with van der Waals surface area (Å²) in [5, 5.41) is 3.89. The van der Waals surface area contributed by atoms with Gasteiger partial charge in [0.15, 0.2) is 5.76 Å². The molecule has 2 heterocycles. The van der Waals surface area contributed by atoms with Crippen molar-refractivity contribution < 1.29 is 14.1 Å². The van der Waals surface area contributed by atoms with Crippen LogP contribution in [0.15, 0.2) is 10.6 Å². The molecule has 0 saturated carbocycles. The number of ether oxygens (including phenoxy) is 1. The minimum absolute atomic E-state index is 0.0257. The lowest BCUT2D eigenvalue weighted by Gasteiger charge is -2.25. The van der Waals surface area contributed by atoms with Crippen LogP contribution in [-0.2, 0) is 9.53 Å². The minimum atomic E-state index is -0.510. The summed E-state index contributed by atoms with van der Waals surface area (Å²) in [4.78, 5) is 14.1. The summed E-state index contributed by atoms with van der Waals surface area (Å²) in [7, 11) is 1.60. The van der Waals surface area contributed by atoms with Gasteiger partial charge in [-0.1, -0.05) is 5.16 Å². The van der Waals surface area contributed by atoms with Crippen LogP contribution in [0.5, 0.6) is 0 Å². The third-order valence-electron chi connectivity index (χ3n) is 3.46. The normalized spacial score (nSPS) is 20.8. The number of carbonyl (C=O) groups is 1. The Morgan fingerprint density at radius 1 is 1.74 bits per heavy atom. The first-order chi connectivity index (χ1) is 9.13. The molecule has 6 nitrogen and oxygen atoms in total. The molecule has 0 spiro atoms. The molecule has 2 N–H and O–H groups in total. The van der Waals surface area contributed by atoms with Crippen molar-refractivity contribution in [2.75, 3.05) is 20.3 Å². The topological polar surface area (TPSA) is 81.6 Å². The van der Waals surface area contributed by atoms with Gasteiger partial charge in [0, 0.05) is 26.3 Å². The molecule has 0 aliphatic carbocycles. The van der Waals surface area contributed by atoms with Gasteiger partial charge in [-0.25, -0.2) is 0 Å². The lowest BCUT2D eigenvalue weighted by Crippen LogP contribution is -2.43. The third kappa shape index (κ3) is 3.13. The van der Waals surface area contributed by atoms with Crippen LogP contribution < -0.4 is 5.73 Å². The number of nitrogens with two attached hydrogens (primary N) is 1. The molecule has 1 fully saturated rings. The Hall–Kier alpha value is -1.40. The fourth-order valence-electron chi connectivity index (χ4n) is 2.45. The van der Waals surface area contributed by atoms with Gasteiger partial charge in [0.2, 0.25) is 5.91 Å². The highest BCUT2D eigenvalue weighted by atomic mass is 16.5. The molecule has 106 valence electrons. The van der Waals surface area contributed by atoms with Crippen molar-refractivity contribution in [1.82, 2.24) is 10.1 Å². The lowest BCUT2D eigenvalue weighted by atomic mass is 10.1. The summed E-state index contributed by atoms with van der Waals surface area (Å²) in [5.41, 5.74) is 6.74. The highest BCUT2D eigenvalue weighted by Crippen LogP contribution is 2.32. The van der Waals surface area contributed by atoms with Crippen LogP contribution in [0, 0.1) is 6.92 Å². The van der Waals surface area contributed by atoms with Crippen LogP contribution in [0.1, 0.15) is 36.8 Å². The average Bonchev–Trinajstić information content (AvgIpc) is 3.03. The molecular weight excluding hydrogens is 246 g/mol. The molecule has 0 bridgehead atoms. The van der Waals surface area contributed by atoms with E-state index in [9.17, 15) is 4.79 Å². The molecule has 0 radical (unpaired) electrons. The van der Waals surface area contributed by atoms with Crippen LogP contribution in [0.2, 0.25) is 0 Å². The lowest BCUT2D eigenvalue weighted by molar-refractivity contribution is -0.134. The van der Waals surface area contributed by atoms with Crippen molar-refractivity contribution in [3.63, 3.8) is 0 Å². The first kappa shape index (κ1) is 14.0. The quantitative estimate of drug-likeness (QED) is 0.861. The molecule has 1 saturated heterocycles. The van der Waals surface area contributed by atoms with E-state index in [1.807, 2.05) is 13.0 Å². The molecule has 1 amide bonds. The molecule has 2 unspecified atom stereocenters. The first-order valence-corrected chi connectivity index (χ1v) is 6.61. The van der Waals surface area contributed by atoms with Crippen LogP contribution in [0.4, 0.5) is 0 Å². The summed E-state index contributed by atoms with van der Waals surface area (Å²) in [5.74, 6) is 0.718. The van der Waals surface area contributed by atoms with E-state index in [1.165, 1.54) is 0 Å². The standard InChI is InChI=1S/C13H21N3O3/c1-9-8-12(19-15-9)11-4-3-6-16(11)13(17)10(14)5-7-18-2/h8,10-11H,3-7,14H2,1-2H3. The maximum absolute atomic E-state index is 12.3. The highest BCUT2D eigenvalue weighted by Gasteiger charge is 2.34. The van der Waals surface area contributed by atoms with Crippen molar-refractivity contribution >= 4 is 5.91 Å². The maximum atomic E-state index is 12.3. The number of likely N-dealkylation sites (tertiary alicyclic amines) is 1. The van der Waals surface area contributed by atoms with E-state index in [0.717, 1.165) is 30.8 Å². The summed E-state index contributed by atoms with van der Waals surface area (Å²) in [6.07, 6.45) is 2.40. The van der Waals surface area contributed by atoms with Crippen LogP contribution >= 0.6 is 0 Å². The zero-order chi connectivity index (χ0) is 13.8. The van der Waals surface area contributed by atoms with Crippen LogP contribution in [0.3, 0.4) is 0 Å². The smallest absolute Gasteiger partial charge is 0.240 e. The highest BCUT2D eigenvalue weighted by molar-refractivity contribution is 5.82. The van der Waals surface area contributed by atoms with Gasteiger partial charge >= 0.3 is 0 Å². The van der Waals surface area contributed by atoms with Gasteiger partial charge < -0.3 is 19.9 Å². The van der Waals surface area contributed by atoms with Gasteiger partial charge in [0.1, 0.15) is 0 Å². The fourth-order valence-corrected chi connectivity index (χ4v) is 2.45. The van der Waals surface area contributed by atoms with E-state index in [2.05, 4.69) is 5.16 Å². The van der Waals surface area contributed by atoms with E-state index in [-0.39, 0.29) is 11.9 Å². The molecule has 1 aliphatic heterocycles. The molecule has 1 aromatic rings. The number of carbonyl (C=O) groups excluding carboxylic acids is 1. The van der Waals surface area contributed by atoms with Gasteiger partial charge in [-0.3, -0.25) is 4.79 Å². The summed E-state index contributed by atoms with van der Waals surface area (Å²) in [6.45, 7) is 3.09. The SMILES string of the molecule is COCCC(N)C(=O)N1CCCC1c1cc(C)no1. The Morgan fingerprint density at radius 3 is 3.16 bits per heavy atom. The fraction of sp³-hybridized carbons (Fsp3) is 0.692. The van der Waals surface area contributed by atoms with Gasteiger partial charge in [-0.05, 0) is 26.2 Å². The molecule has 1 aromatic heterocycles. The molecule has 6 heteroatoms. The average molecular weight is 267 g/mol. The van der Waals surface area contributed by atoms with Crippen molar-refractivity contribution in [3.8, 4) is 0 Å². The number of aromatic nitrogens is 1. The Morgan fingerprint density at radius 2 is 2.53 bits per heavy atom. The van der Waals surface area contributed by atoms with Gasteiger partial charge in [0.05, 0.1) is 17.8 Å². The Labute approximate surface area is 112 Å². The largest absolute Gasteiger partial charge is 0.385 e. The monoisotopic (exact) mass is 267 g/mol. The van der Waals surface area contributed by atoms with Crippen molar-refractivity contribution in [3.05, 3.63) is 17.5 Å². The van der Waals surface area contributed by atoms with E-state index >= 15 is 0 Å². The van der Waals surface area contributed by atoms with Crippen LogP contribution in [0.25, 0.3) is 0 Å². The van der Waals surface area contributed by atoms with E-state index in [0.29, 0.717) is 13.0 Å². The van der Waals surface area contributed by atoms with Gasteiger partial charge in [-0.15, -0.1) is 0 Å². The summed E-state index contributed by atoms with van der Waals surface area (Å²) < 4.78 is 10.2. The molecular formula is C13H21N3O3.